The predicted octanol–water partition coefficient (Wildman–Crippen LogP) is 1.49. The molecule has 0 fully saturated rings. The molecular formula is C13H14N2O2. The van der Waals surface area contributed by atoms with E-state index in [0.29, 0.717) is 18.0 Å². The summed E-state index contributed by atoms with van der Waals surface area (Å²) in [6, 6.07) is 7.01. The summed E-state index contributed by atoms with van der Waals surface area (Å²) in [5.74, 6) is 3.66. The van der Waals surface area contributed by atoms with Crippen molar-refractivity contribution in [1.82, 2.24) is 5.32 Å². The van der Waals surface area contributed by atoms with Gasteiger partial charge in [0.05, 0.1) is 26.8 Å². The van der Waals surface area contributed by atoms with E-state index >= 15 is 0 Å². The van der Waals surface area contributed by atoms with Crippen LogP contribution in [0.15, 0.2) is 18.2 Å². The number of ether oxygens (including phenoxy) is 2. The molecule has 0 aliphatic carbocycles. The van der Waals surface area contributed by atoms with E-state index in [1.54, 1.807) is 32.4 Å². The highest BCUT2D eigenvalue weighted by Crippen LogP contribution is 2.29. The van der Waals surface area contributed by atoms with Gasteiger partial charge in [0.25, 0.3) is 0 Å². The summed E-state index contributed by atoms with van der Waals surface area (Å²) in [5, 5.41) is 12.0. The lowest BCUT2D eigenvalue weighted by Gasteiger charge is -2.13. The van der Waals surface area contributed by atoms with Crippen LogP contribution in [-0.2, 0) is 0 Å². The Kier molecular flexibility index (Phi) is 4.87. The maximum absolute atomic E-state index is 9.04. The molecule has 0 saturated carbocycles. The first-order valence-corrected chi connectivity index (χ1v) is 5.05. The molecule has 17 heavy (non-hydrogen) atoms. The standard InChI is InChI=1S/C13H14N2O2/c1-4-7-15-11(9-14)10-5-6-12(16-2)13(8-10)17-3/h1,5-6,8,11,15H,7H2,2-3H3. The van der Waals surface area contributed by atoms with Crippen molar-refractivity contribution >= 4 is 0 Å². The SMILES string of the molecule is C#CCNC(C#N)c1ccc(OC)c(OC)c1. The summed E-state index contributed by atoms with van der Waals surface area (Å²) < 4.78 is 10.3. The number of terminal acetylenes is 1. The van der Waals surface area contributed by atoms with E-state index in [1.807, 2.05) is 0 Å². The second-order valence-corrected chi connectivity index (χ2v) is 3.26. The molecule has 4 nitrogen and oxygen atoms in total. The topological polar surface area (TPSA) is 54.3 Å². The molecule has 1 N–H and O–H groups in total. The van der Waals surface area contributed by atoms with E-state index in [-0.39, 0.29) is 0 Å². The van der Waals surface area contributed by atoms with E-state index in [0.717, 1.165) is 5.56 Å². The second kappa shape index (κ2) is 6.42. The van der Waals surface area contributed by atoms with Crippen LogP contribution in [0, 0.1) is 23.7 Å². The van der Waals surface area contributed by atoms with E-state index in [4.69, 9.17) is 21.2 Å². The molecule has 1 atom stereocenters. The molecule has 0 saturated heterocycles. The van der Waals surface area contributed by atoms with Crippen molar-refractivity contribution in [3.05, 3.63) is 23.8 Å². The summed E-state index contributed by atoms with van der Waals surface area (Å²) in [4.78, 5) is 0. The lowest BCUT2D eigenvalue weighted by atomic mass is 10.1. The molecule has 88 valence electrons. The number of methoxy groups -OCH3 is 2. The molecule has 4 heteroatoms. The van der Waals surface area contributed by atoms with Gasteiger partial charge in [0.1, 0.15) is 6.04 Å². The lowest BCUT2D eigenvalue weighted by molar-refractivity contribution is 0.354. The predicted molar refractivity (Wildman–Crippen MR) is 64.7 cm³/mol. The molecule has 1 aromatic rings. The van der Waals surface area contributed by atoms with Gasteiger partial charge >= 0.3 is 0 Å². The zero-order valence-electron chi connectivity index (χ0n) is 9.86. The molecular weight excluding hydrogens is 216 g/mol. The normalized spacial score (nSPS) is 11.1. The number of nitriles is 1. The van der Waals surface area contributed by atoms with Crippen molar-refractivity contribution in [2.45, 2.75) is 6.04 Å². The van der Waals surface area contributed by atoms with Gasteiger partial charge in [-0.2, -0.15) is 5.26 Å². The highest BCUT2D eigenvalue weighted by molar-refractivity contribution is 5.44. The van der Waals surface area contributed by atoms with E-state index in [9.17, 15) is 0 Å². The second-order valence-electron chi connectivity index (χ2n) is 3.26. The average molecular weight is 230 g/mol. The van der Waals surface area contributed by atoms with Crippen molar-refractivity contribution in [3.63, 3.8) is 0 Å². The molecule has 0 heterocycles. The van der Waals surface area contributed by atoms with Gasteiger partial charge in [0.15, 0.2) is 11.5 Å². The number of nitrogens with one attached hydrogen (secondary N) is 1. The molecule has 0 aromatic heterocycles. The maximum Gasteiger partial charge on any atom is 0.161 e. The Bertz CT molecular complexity index is 457. The number of nitrogens with zero attached hydrogens (tertiary/aromatic N) is 1. The van der Waals surface area contributed by atoms with Crippen LogP contribution in [0.4, 0.5) is 0 Å². The Labute approximate surface area is 101 Å². The average Bonchev–Trinajstić information content (AvgIpc) is 2.39. The fourth-order valence-electron chi connectivity index (χ4n) is 1.43. The number of hydrogen-bond donors (Lipinski definition) is 1. The van der Waals surface area contributed by atoms with Crippen LogP contribution in [0.25, 0.3) is 0 Å². The summed E-state index contributed by atoms with van der Waals surface area (Å²) >= 11 is 0. The molecule has 1 aromatic carbocycles. The Morgan fingerprint density at radius 2 is 2.06 bits per heavy atom. The first-order valence-electron chi connectivity index (χ1n) is 5.05. The lowest BCUT2D eigenvalue weighted by Crippen LogP contribution is -2.20. The molecule has 0 aliphatic rings. The molecule has 1 rings (SSSR count). The van der Waals surface area contributed by atoms with Crippen molar-refractivity contribution in [1.29, 1.82) is 5.26 Å². The Morgan fingerprint density at radius 3 is 2.59 bits per heavy atom. The molecule has 0 bridgehead atoms. The van der Waals surface area contributed by atoms with Crippen LogP contribution in [0.3, 0.4) is 0 Å². The van der Waals surface area contributed by atoms with Crippen molar-refractivity contribution in [3.8, 4) is 29.9 Å². The Morgan fingerprint density at radius 1 is 1.35 bits per heavy atom. The van der Waals surface area contributed by atoms with Crippen LogP contribution in [-0.4, -0.2) is 20.8 Å². The summed E-state index contributed by atoms with van der Waals surface area (Å²) in [6.07, 6.45) is 5.14. The van der Waals surface area contributed by atoms with Crippen LogP contribution in [0.2, 0.25) is 0 Å². The minimum Gasteiger partial charge on any atom is -0.493 e. The van der Waals surface area contributed by atoms with Gasteiger partial charge in [-0.3, -0.25) is 5.32 Å². The van der Waals surface area contributed by atoms with E-state index in [1.165, 1.54) is 0 Å². The third-order valence-electron chi connectivity index (χ3n) is 2.28. The number of hydrogen-bond acceptors (Lipinski definition) is 4. The van der Waals surface area contributed by atoms with Crippen LogP contribution < -0.4 is 14.8 Å². The summed E-state index contributed by atoms with van der Waals surface area (Å²) in [7, 11) is 3.12. The van der Waals surface area contributed by atoms with Gasteiger partial charge in [-0.25, -0.2) is 0 Å². The van der Waals surface area contributed by atoms with Crippen LogP contribution >= 0.6 is 0 Å². The highest BCUT2D eigenvalue weighted by Gasteiger charge is 2.12. The van der Waals surface area contributed by atoms with Gasteiger partial charge in [0.2, 0.25) is 0 Å². The fraction of sp³-hybridized carbons (Fsp3) is 0.308. The minimum absolute atomic E-state index is 0.340. The molecule has 1 unspecified atom stereocenters. The van der Waals surface area contributed by atoms with Crippen LogP contribution in [0.1, 0.15) is 11.6 Å². The smallest absolute Gasteiger partial charge is 0.161 e. The number of rotatable bonds is 5. The van der Waals surface area contributed by atoms with Gasteiger partial charge in [0, 0.05) is 0 Å². The van der Waals surface area contributed by atoms with Gasteiger partial charge in [-0.05, 0) is 17.7 Å². The fourth-order valence-corrected chi connectivity index (χ4v) is 1.43. The first kappa shape index (κ1) is 12.9. The van der Waals surface area contributed by atoms with E-state index in [2.05, 4.69) is 17.3 Å². The van der Waals surface area contributed by atoms with Crippen molar-refractivity contribution < 1.29 is 9.47 Å². The summed E-state index contributed by atoms with van der Waals surface area (Å²) in [6.45, 7) is 0.340. The van der Waals surface area contributed by atoms with Gasteiger partial charge in [-0.15, -0.1) is 6.42 Å². The molecule has 0 aliphatic heterocycles. The number of benzene rings is 1. The molecule has 0 spiro atoms. The third kappa shape index (κ3) is 3.14. The van der Waals surface area contributed by atoms with Gasteiger partial charge in [-0.1, -0.05) is 12.0 Å². The molecule has 0 radical (unpaired) electrons. The maximum atomic E-state index is 9.04. The molecule has 0 amide bonds. The monoisotopic (exact) mass is 230 g/mol. The summed E-state index contributed by atoms with van der Waals surface area (Å²) in [5.41, 5.74) is 0.792. The zero-order chi connectivity index (χ0) is 12.7. The first-order chi connectivity index (χ1) is 8.26. The quantitative estimate of drug-likeness (QED) is 0.779. The van der Waals surface area contributed by atoms with Crippen molar-refractivity contribution in [2.75, 3.05) is 20.8 Å². The van der Waals surface area contributed by atoms with Gasteiger partial charge < -0.3 is 9.47 Å². The Hall–Kier alpha value is -2.17. The van der Waals surface area contributed by atoms with Crippen molar-refractivity contribution in [2.24, 2.45) is 0 Å². The highest BCUT2D eigenvalue weighted by atomic mass is 16.5. The third-order valence-corrected chi connectivity index (χ3v) is 2.28. The minimum atomic E-state index is -0.453. The zero-order valence-corrected chi connectivity index (χ0v) is 9.86. The van der Waals surface area contributed by atoms with E-state index < -0.39 is 6.04 Å². The largest absolute Gasteiger partial charge is 0.493 e. The van der Waals surface area contributed by atoms with Crippen LogP contribution in [0.5, 0.6) is 11.5 Å². The Balaban J connectivity index is 2.98.